The number of ether oxygens (including phenoxy) is 1. The molecule has 2 amide bonds. The summed E-state index contributed by atoms with van der Waals surface area (Å²) in [6.07, 6.45) is 0.215. The minimum Gasteiger partial charge on any atom is -0.492 e. The Bertz CT molecular complexity index is 466. The fourth-order valence-electron chi connectivity index (χ4n) is 1.97. The van der Waals surface area contributed by atoms with Crippen LogP contribution in [0.1, 0.15) is 27.2 Å². The number of urea groups is 1. The van der Waals surface area contributed by atoms with E-state index < -0.39 is 11.9 Å². The van der Waals surface area contributed by atoms with E-state index in [2.05, 4.69) is 10.6 Å². The Balaban J connectivity index is 2.54. The van der Waals surface area contributed by atoms with Crippen LogP contribution in [0.15, 0.2) is 18.2 Å². The third kappa shape index (κ3) is 6.44. The van der Waals surface area contributed by atoms with Crippen LogP contribution in [0.5, 0.6) is 5.75 Å². The third-order valence-electron chi connectivity index (χ3n) is 2.85. The van der Waals surface area contributed by atoms with Crippen LogP contribution in [0.2, 0.25) is 0 Å². The lowest BCUT2D eigenvalue weighted by Gasteiger charge is -2.16. The lowest BCUT2D eigenvalue weighted by molar-refractivity contribution is 0.163. The molecule has 0 bridgehead atoms. The van der Waals surface area contributed by atoms with E-state index in [-0.39, 0.29) is 11.9 Å². The molecule has 0 aliphatic carbocycles. The van der Waals surface area contributed by atoms with Crippen molar-refractivity contribution in [2.45, 2.75) is 33.3 Å². The molecule has 1 aromatic carbocycles. The average molecular weight is 298 g/mol. The smallest absolute Gasteiger partial charge is 0.319 e. The van der Waals surface area contributed by atoms with Crippen LogP contribution in [-0.4, -0.2) is 30.4 Å². The first-order valence-corrected chi connectivity index (χ1v) is 7.07. The lowest BCUT2D eigenvalue weighted by atomic mass is 10.1. The quantitative estimate of drug-likeness (QED) is 0.725. The Hall–Kier alpha value is -1.82. The first-order chi connectivity index (χ1) is 9.92. The number of rotatable bonds is 7. The summed E-state index contributed by atoms with van der Waals surface area (Å²) in [6, 6.07) is 3.56. The standard InChI is InChI=1S/C15H23FN2O3/c1-4-21-14-8-12(16)5-6-13(14)18-15(20)17-9-10(2)7-11(3)19/h5-6,8,10-11,19H,4,7,9H2,1-3H3,(H2,17,18,20). The number of aliphatic hydroxyl groups excluding tert-OH is 1. The molecule has 3 N–H and O–H groups in total. The summed E-state index contributed by atoms with van der Waals surface area (Å²) in [5.74, 6) is 0.0370. The predicted molar refractivity (Wildman–Crippen MR) is 80.1 cm³/mol. The van der Waals surface area contributed by atoms with Gasteiger partial charge in [0.05, 0.1) is 18.4 Å². The van der Waals surface area contributed by atoms with Gasteiger partial charge in [0.15, 0.2) is 0 Å². The minimum atomic E-state index is -0.421. The van der Waals surface area contributed by atoms with Gasteiger partial charge in [0.25, 0.3) is 0 Å². The monoisotopic (exact) mass is 298 g/mol. The van der Waals surface area contributed by atoms with Gasteiger partial charge in [0.2, 0.25) is 0 Å². The molecule has 0 radical (unpaired) electrons. The maximum Gasteiger partial charge on any atom is 0.319 e. The summed E-state index contributed by atoms with van der Waals surface area (Å²) in [6.45, 7) is 6.26. The van der Waals surface area contributed by atoms with Gasteiger partial charge in [0.1, 0.15) is 11.6 Å². The van der Waals surface area contributed by atoms with Crippen molar-refractivity contribution < 1.29 is 19.0 Å². The van der Waals surface area contributed by atoms with Crippen LogP contribution in [-0.2, 0) is 0 Å². The molecular weight excluding hydrogens is 275 g/mol. The molecule has 2 unspecified atom stereocenters. The van der Waals surface area contributed by atoms with Crippen molar-refractivity contribution in [1.29, 1.82) is 0 Å². The van der Waals surface area contributed by atoms with E-state index in [1.807, 2.05) is 6.92 Å². The second kappa shape index (κ2) is 8.46. The number of hydrogen-bond donors (Lipinski definition) is 3. The molecule has 0 aromatic heterocycles. The SMILES string of the molecule is CCOc1cc(F)ccc1NC(=O)NCC(C)CC(C)O. The summed E-state index contributed by atoms with van der Waals surface area (Å²) in [4.78, 5) is 11.8. The number of aliphatic hydroxyl groups is 1. The van der Waals surface area contributed by atoms with Crippen molar-refractivity contribution in [3.05, 3.63) is 24.0 Å². The van der Waals surface area contributed by atoms with Crippen LogP contribution in [0, 0.1) is 11.7 Å². The summed E-state index contributed by atoms with van der Waals surface area (Å²) in [5, 5.41) is 14.6. The van der Waals surface area contributed by atoms with E-state index in [1.165, 1.54) is 18.2 Å². The topological polar surface area (TPSA) is 70.6 Å². The third-order valence-corrected chi connectivity index (χ3v) is 2.85. The predicted octanol–water partition coefficient (Wildman–Crippen LogP) is 2.75. The first kappa shape index (κ1) is 17.2. The van der Waals surface area contributed by atoms with Crippen molar-refractivity contribution in [2.24, 2.45) is 5.92 Å². The van der Waals surface area contributed by atoms with Crippen LogP contribution in [0.25, 0.3) is 0 Å². The molecule has 1 aromatic rings. The van der Waals surface area contributed by atoms with Gasteiger partial charge in [0, 0.05) is 12.6 Å². The zero-order valence-corrected chi connectivity index (χ0v) is 12.6. The fourth-order valence-corrected chi connectivity index (χ4v) is 1.97. The largest absolute Gasteiger partial charge is 0.492 e. The van der Waals surface area contributed by atoms with Crippen LogP contribution >= 0.6 is 0 Å². The number of anilines is 1. The zero-order chi connectivity index (χ0) is 15.8. The number of hydrogen-bond acceptors (Lipinski definition) is 3. The second-order valence-corrected chi connectivity index (χ2v) is 5.10. The highest BCUT2D eigenvalue weighted by molar-refractivity contribution is 5.90. The zero-order valence-electron chi connectivity index (χ0n) is 12.6. The van der Waals surface area contributed by atoms with Gasteiger partial charge in [-0.05, 0) is 38.3 Å². The van der Waals surface area contributed by atoms with E-state index in [0.29, 0.717) is 31.0 Å². The Morgan fingerprint density at radius 3 is 2.76 bits per heavy atom. The molecule has 5 nitrogen and oxygen atoms in total. The van der Waals surface area contributed by atoms with Gasteiger partial charge >= 0.3 is 6.03 Å². The number of benzene rings is 1. The van der Waals surface area contributed by atoms with Crippen LogP contribution in [0.3, 0.4) is 0 Å². The van der Waals surface area contributed by atoms with Crippen molar-refractivity contribution in [2.75, 3.05) is 18.5 Å². The fraction of sp³-hybridized carbons (Fsp3) is 0.533. The summed E-state index contributed by atoms with van der Waals surface area (Å²) < 4.78 is 18.4. The van der Waals surface area contributed by atoms with Crippen LogP contribution < -0.4 is 15.4 Å². The molecule has 118 valence electrons. The summed E-state index contributed by atoms with van der Waals surface area (Å²) in [7, 11) is 0. The first-order valence-electron chi connectivity index (χ1n) is 7.07. The number of carbonyl (C=O) groups excluding carboxylic acids is 1. The van der Waals surface area contributed by atoms with Gasteiger partial charge < -0.3 is 20.5 Å². The van der Waals surface area contributed by atoms with E-state index in [1.54, 1.807) is 13.8 Å². The molecule has 21 heavy (non-hydrogen) atoms. The average Bonchev–Trinajstić information content (AvgIpc) is 2.39. The van der Waals surface area contributed by atoms with E-state index in [4.69, 9.17) is 4.74 Å². The molecule has 0 aliphatic rings. The Kier molecular flexibility index (Phi) is 6.94. The van der Waals surface area contributed by atoms with Gasteiger partial charge in [-0.15, -0.1) is 0 Å². The van der Waals surface area contributed by atoms with E-state index in [9.17, 15) is 14.3 Å². The highest BCUT2D eigenvalue weighted by Crippen LogP contribution is 2.25. The van der Waals surface area contributed by atoms with E-state index in [0.717, 1.165) is 0 Å². The maximum absolute atomic E-state index is 13.2. The lowest BCUT2D eigenvalue weighted by Crippen LogP contribution is -2.33. The molecule has 0 heterocycles. The number of carbonyl (C=O) groups is 1. The molecule has 6 heteroatoms. The number of nitrogens with one attached hydrogen (secondary N) is 2. The van der Waals surface area contributed by atoms with Crippen molar-refractivity contribution >= 4 is 11.7 Å². The Morgan fingerprint density at radius 2 is 2.14 bits per heavy atom. The van der Waals surface area contributed by atoms with Gasteiger partial charge in [-0.2, -0.15) is 0 Å². The maximum atomic E-state index is 13.2. The van der Waals surface area contributed by atoms with Crippen molar-refractivity contribution in [3.8, 4) is 5.75 Å². The van der Waals surface area contributed by atoms with Gasteiger partial charge in [-0.1, -0.05) is 6.92 Å². The van der Waals surface area contributed by atoms with Crippen LogP contribution in [0.4, 0.5) is 14.9 Å². The molecular formula is C15H23FN2O3. The molecule has 2 atom stereocenters. The van der Waals surface area contributed by atoms with Crippen molar-refractivity contribution in [1.82, 2.24) is 5.32 Å². The molecule has 0 saturated carbocycles. The minimum absolute atomic E-state index is 0.162. The molecule has 0 fully saturated rings. The van der Waals surface area contributed by atoms with Crippen molar-refractivity contribution in [3.63, 3.8) is 0 Å². The number of amides is 2. The normalized spacial score (nSPS) is 13.4. The molecule has 0 aliphatic heterocycles. The van der Waals surface area contributed by atoms with Gasteiger partial charge in [-0.3, -0.25) is 0 Å². The number of halogens is 1. The molecule has 0 saturated heterocycles. The summed E-state index contributed by atoms with van der Waals surface area (Å²) in [5.41, 5.74) is 0.416. The molecule has 1 rings (SSSR count). The Labute approximate surface area is 124 Å². The summed E-state index contributed by atoms with van der Waals surface area (Å²) >= 11 is 0. The van der Waals surface area contributed by atoms with Gasteiger partial charge in [-0.25, -0.2) is 9.18 Å². The van der Waals surface area contributed by atoms with E-state index >= 15 is 0 Å². The Morgan fingerprint density at radius 1 is 1.43 bits per heavy atom. The highest BCUT2D eigenvalue weighted by Gasteiger charge is 2.11. The second-order valence-electron chi connectivity index (χ2n) is 5.10. The molecule has 0 spiro atoms. The highest BCUT2D eigenvalue weighted by atomic mass is 19.1.